The Morgan fingerprint density at radius 3 is 1.69 bits per heavy atom. The van der Waals surface area contributed by atoms with Gasteiger partial charge in [0.05, 0.1) is 0 Å². The van der Waals surface area contributed by atoms with Gasteiger partial charge in [-0.1, -0.05) is 20.8 Å². The lowest BCUT2D eigenvalue weighted by Gasteiger charge is -2.12. The number of nitrogens with two attached hydrogens (primary N) is 1. The van der Waals surface area contributed by atoms with E-state index in [2.05, 4.69) is 32.9 Å². The molecular weight excluding hydrogens is 158 g/mol. The molecule has 0 aliphatic rings. The Morgan fingerprint density at radius 1 is 0.923 bits per heavy atom. The molecule has 0 aromatic heterocycles. The van der Waals surface area contributed by atoms with Gasteiger partial charge in [-0.2, -0.15) is 0 Å². The van der Waals surface area contributed by atoms with Gasteiger partial charge in [0.25, 0.3) is 0 Å². The molecule has 0 heterocycles. The zero-order valence-electron chi connectivity index (χ0n) is 8.85. The lowest BCUT2D eigenvalue weighted by Crippen LogP contribution is -2.00. The van der Waals surface area contributed by atoms with E-state index in [1.165, 1.54) is 16.7 Å². The monoisotopic (exact) mass is 177 g/mol. The van der Waals surface area contributed by atoms with E-state index in [0.29, 0.717) is 0 Å². The fourth-order valence-electron chi connectivity index (χ4n) is 1.91. The molecular formula is C12H19N. The first-order chi connectivity index (χ1) is 6.22. The molecule has 0 bridgehead atoms. The molecule has 0 unspecified atom stereocenters. The van der Waals surface area contributed by atoms with Crippen molar-refractivity contribution in [3.05, 3.63) is 28.8 Å². The van der Waals surface area contributed by atoms with Crippen LogP contribution in [0.1, 0.15) is 37.5 Å². The van der Waals surface area contributed by atoms with Crippen LogP contribution in [0.4, 0.5) is 5.69 Å². The molecule has 1 rings (SSSR count). The summed E-state index contributed by atoms with van der Waals surface area (Å²) in [5.74, 6) is 0. The van der Waals surface area contributed by atoms with E-state index < -0.39 is 0 Å². The summed E-state index contributed by atoms with van der Waals surface area (Å²) in [5, 5.41) is 0. The first-order valence-electron chi connectivity index (χ1n) is 5.13. The maximum atomic E-state index is 5.83. The van der Waals surface area contributed by atoms with Crippen LogP contribution in [-0.2, 0) is 19.3 Å². The smallest absolute Gasteiger partial charge is 0.0319 e. The summed E-state index contributed by atoms with van der Waals surface area (Å²) in [4.78, 5) is 0. The van der Waals surface area contributed by atoms with Crippen molar-refractivity contribution in [2.24, 2.45) is 0 Å². The molecule has 1 aromatic rings. The minimum atomic E-state index is 0.908. The van der Waals surface area contributed by atoms with Crippen molar-refractivity contribution < 1.29 is 0 Å². The zero-order valence-corrected chi connectivity index (χ0v) is 8.85. The fourth-order valence-corrected chi connectivity index (χ4v) is 1.91. The number of hydrogen-bond acceptors (Lipinski definition) is 1. The molecule has 1 aromatic carbocycles. The lowest BCUT2D eigenvalue weighted by atomic mass is 9.95. The molecule has 1 heteroatoms. The highest BCUT2D eigenvalue weighted by Crippen LogP contribution is 2.21. The fraction of sp³-hybridized carbons (Fsp3) is 0.500. The second kappa shape index (κ2) is 4.31. The molecule has 2 N–H and O–H groups in total. The van der Waals surface area contributed by atoms with Crippen LogP contribution in [0.3, 0.4) is 0 Å². The molecule has 72 valence electrons. The Morgan fingerprint density at radius 2 is 1.38 bits per heavy atom. The molecule has 13 heavy (non-hydrogen) atoms. The van der Waals surface area contributed by atoms with Gasteiger partial charge in [-0.15, -0.1) is 0 Å². The summed E-state index contributed by atoms with van der Waals surface area (Å²) >= 11 is 0. The van der Waals surface area contributed by atoms with Crippen LogP contribution in [-0.4, -0.2) is 0 Å². The van der Waals surface area contributed by atoms with E-state index in [9.17, 15) is 0 Å². The van der Waals surface area contributed by atoms with Crippen LogP contribution >= 0.6 is 0 Å². The lowest BCUT2D eigenvalue weighted by molar-refractivity contribution is 0.983. The van der Waals surface area contributed by atoms with E-state index in [4.69, 9.17) is 5.73 Å². The maximum Gasteiger partial charge on any atom is 0.0319 e. The highest BCUT2D eigenvalue weighted by Gasteiger charge is 2.05. The minimum absolute atomic E-state index is 0.908. The number of aryl methyl sites for hydroxylation is 2. The number of anilines is 1. The van der Waals surface area contributed by atoms with Crippen molar-refractivity contribution in [1.29, 1.82) is 0 Å². The van der Waals surface area contributed by atoms with E-state index in [-0.39, 0.29) is 0 Å². The number of benzene rings is 1. The molecule has 1 nitrogen and oxygen atoms in total. The van der Waals surface area contributed by atoms with Gasteiger partial charge in [0.1, 0.15) is 0 Å². The molecule has 0 aliphatic heterocycles. The molecule has 0 fully saturated rings. The van der Waals surface area contributed by atoms with Crippen LogP contribution in [0, 0.1) is 0 Å². The van der Waals surface area contributed by atoms with Gasteiger partial charge in [-0.05, 0) is 48.1 Å². The minimum Gasteiger partial charge on any atom is -0.399 e. The predicted octanol–water partition coefficient (Wildman–Crippen LogP) is 2.96. The van der Waals surface area contributed by atoms with E-state index >= 15 is 0 Å². The molecule has 0 saturated carbocycles. The standard InChI is InChI=1S/C12H19N/c1-4-9-7-11(13)8-10(5-2)12(9)6-3/h7-8H,4-6,13H2,1-3H3. The third-order valence-electron chi connectivity index (χ3n) is 2.57. The second-order valence-electron chi connectivity index (χ2n) is 3.38. The summed E-state index contributed by atoms with van der Waals surface area (Å²) in [6.07, 6.45) is 3.29. The van der Waals surface area contributed by atoms with E-state index in [0.717, 1.165) is 24.9 Å². The van der Waals surface area contributed by atoms with Crippen LogP contribution < -0.4 is 5.73 Å². The summed E-state index contributed by atoms with van der Waals surface area (Å²) in [5.41, 5.74) is 11.1. The molecule has 0 radical (unpaired) electrons. The zero-order chi connectivity index (χ0) is 9.84. The summed E-state index contributed by atoms with van der Waals surface area (Å²) in [6, 6.07) is 4.22. The summed E-state index contributed by atoms with van der Waals surface area (Å²) in [7, 11) is 0. The molecule has 0 spiro atoms. The molecule has 0 atom stereocenters. The van der Waals surface area contributed by atoms with Crippen molar-refractivity contribution in [2.75, 3.05) is 5.73 Å². The van der Waals surface area contributed by atoms with Crippen LogP contribution in [0.5, 0.6) is 0 Å². The van der Waals surface area contributed by atoms with Crippen molar-refractivity contribution >= 4 is 5.69 Å². The Balaban J connectivity index is 3.25. The van der Waals surface area contributed by atoms with Crippen molar-refractivity contribution in [2.45, 2.75) is 40.0 Å². The molecule has 0 amide bonds. The van der Waals surface area contributed by atoms with Gasteiger partial charge in [0.15, 0.2) is 0 Å². The van der Waals surface area contributed by atoms with Crippen molar-refractivity contribution in [3.63, 3.8) is 0 Å². The Kier molecular flexibility index (Phi) is 3.35. The number of nitrogen functional groups attached to an aromatic ring is 1. The van der Waals surface area contributed by atoms with Crippen molar-refractivity contribution in [1.82, 2.24) is 0 Å². The van der Waals surface area contributed by atoms with Gasteiger partial charge in [-0.25, -0.2) is 0 Å². The Labute approximate surface area is 81.0 Å². The third kappa shape index (κ3) is 2.03. The molecule has 0 aliphatic carbocycles. The number of rotatable bonds is 3. The van der Waals surface area contributed by atoms with Gasteiger partial charge in [-0.3, -0.25) is 0 Å². The Bertz CT molecular complexity index is 264. The normalized spacial score (nSPS) is 10.4. The average Bonchev–Trinajstić information content (AvgIpc) is 2.16. The van der Waals surface area contributed by atoms with Gasteiger partial charge in [0.2, 0.25) is 0 Å². The highest BCUT2D eigenvalue weighted by molar-refractivity contribution is 5.49. The SMILES string of the molecule is CCc1cc(N)cc(CC)c1CC. The third-order valence-corrected chi connectivity index (χ3v) is 2.57. The van der Waals surface area contributed by atoms with Crippen LogP contribution in [0.25, 0.3) is 0 Å². The maximum absolute atomic E-state index is 5.83. The van der Waals surface area contributed by atoms with E-state index in [1.807, 2.05) is 0 Å². The predicted molar refractivity (Wildman–Crippen MR) is 59.0 cm³/mol. The van der Waals surface area contributed by atoms with Gasteiger partial charge >= 0.3 is 0 Å². The average molecular weight is 177 g/mol. The topological polar surface area (TPSA) is 26.0 Å². The quantitative estimate of drug-likeness (QED) is 0.706. The van der Waals surface area contributed by atoms with Crippen LogP contribution in [0.15, 0.2) is 12.1 Å². The first kappa shape index (κ1) is 10.1. The first-order valence-corrected chi connectivity index (χ1v) is 5.13. The second-order valence-corrected chi connectivity index (χ2v) is 3.38. The highest BCUT2D eigenvalue weighted by atomic mass is 14.5. The van der Waals surface area contributed by atoms with Gasteiger partial charge < -0.3 is 5.73 Å². The Hall–Kier alpha value is -0.980. The number of hydrogen-bond donors (Lipinski definition) is 1. The van der Waals surface area contributed by atoms with E-state index in [1.54, 1.807) is 0 Å². The van der Waals surface area contributed by atoms with Gasteiger partial charge in [0, 0.05) is 5.69 Å². The largest absolute Gasteiger partial charge is 0.399 e. The summed E-state index contributed by atoms with van der Waals surface area (Å²) < 4.78 is 0. The van der Waals surface area contributed by atoms with Crippen LogP contribution in [0.2, 0.25) is 0 Å². The van der Waals surface area contributed by atoms with Crippen molar-refractivity contribution in [3.8, 4) is 0 Å². The molecule has 0 saturated heterocycles. The summed E-state index contributed by atoms with van der Waals surface area (Å²) in [6.45, 7) is 6.59.